The summed E-state index contributed by atoms with van der Waals surface area (Å²) in [5.74, 6) is -0.737. The van der Waals surface area contributed by atoms with Gasteiger partial charge in [0.05, 0.1) is 0 Å². The predicted octanol–water partition coefficient (Wildman–Crippen LogP) is 0.195. The number of benzene rings is 1. The first-order valence-electron chi connectivity index (χ1n) is 7.03. The number of ether oxygens (including phenoxy) is 1. The lowest BCUT2D eigenvalue weighted by Gasteiger charge is -2.14. The average Bonchev–Trinajstić information content (AvgIpc) is 2.50. The van der Waals surface area contributed by atoms with Gasteiger partial charge in [0.15, 0.2) is 6.61 Å². The van der Waals surface area contributed by atoms with E-state index >= 15 is 0 Å². The Morgan fingerprint density at radius 3 is 2.41 bits per heavy atom. The average molecular weight is 307 g/mol. The molecule has 0 fully saturated rings. The van der Waals surface area contributed by atoms with Gasteiger partial charge in [-0.15, -0.1) is 0 Å². The Bertz CT molecular complexity index is 528. The number of amides is 3. The van der Waals surface area contributed by atoms with Crippen LogP contribution in [0.15, 0.2) is 24.3 Å². The molecule has 1 atom stereocenters. The molecule has 0 aromatic heterocycles. The molecule has 22 heavy (non-hydrogen) atoms. The zero-order valence-electron chi connectivity index (χ0n) is 12.7. The number of hydrogen-bond donors (Lipinski definition) is 3. The van der Waals surface area contributed by atoms with Crippen LogP contribution in [0.1, 0.15) is 30.6 Å². The molecule has 0 spiro atoms. The van der Waals surface area contributed by atoms with Crippen molar-refractivity contribution < 1.29 is 19.1 Å². The number of nitrogens with one attached hydrogen (secondary N) is 2. The van der Waals surface area contributed by atoms with Gasteiger partial charge < -0.3 is 21.1 Å². The van der Waals surface area contributed by atoms with E-state index in [1.165, 1.54) is 12.1 Å². The summed E-state index contributed by atoms with van der Waals surface area (Å²) in [6.07, 6.45) is 0.830. The number of nitrogens with two attached hydrogens (primary N) is 1. The zero-order valence-corrected chi connectivity index (χ0v) is 12.7. The first-order chi connectivity index (χ1) is 10.4. The molecule has 0 saturated heterocycles. The van der Waals surface area contributed by atoms with Crippen LogP contribution in [0.4, 0.5) is 0 Å². The SMILES string of the molecule is CCCNC(=O)[C@@H](C)NC(=O)COc1ccc(C(N)=O)cc1. The molecule has 7 heteroatoms. The van der Waals surface area contributed by atoms with E-state index in [0.717, 1.165) is 6.42 Å². The molecular weight excluding hydrogens is 286 g/mol. The van der Waals surface area contributed by atoms with Crippen LogP contribution in [-0.4, -0.2) is 36.9 Å². The van der Waals surface area contributed by atoms with Gasteiger partial charge in [0.25, 0.3) is 5.91 Å². The Morgan fingerprint density at radius 1 is 1.23 bits per heavy atom. The second-order valence-electron chi connectivity index (χ2n) is 4.76. The van der Waals surface area contributed by atoms with Gasteiger partial charge in [-0.1, -0.05) is 6.92 Å². The molecule has 1 aromatic carbocycles. The van der Waals surface area contributed by atoms with E-state index in [2.05, 4.69) is 10.6 Å². The lowest BCUT2D eigenvalue weighted by molar-refractivity contribution is -0.129. The Hall–Kier alpha value is -2.57. The van der Waals surface area contributed by atoms with E-state index in [9.17, 15) is 14.4 Å². The van der Waals surface area contributed by atoms with E-state index < -0.39 is 17.9 Å². The van der Waals surface area contributed by atoms with Crippen LogP contribution >= 0.6 is 0 Å². The fourth-order valence-electron chi connectivity index (χ4n) is 1.61. The fourth-order valence-corrected chi connectivity index (χ4v) is 1.61. The second kappa shape index (κ2) is 8.66. The van der Waals surface area contributed by atoms with Crippen LogP contribution in [0.3, 0.4) is 0 Å². The summed E-state index contributed by atoms with van der Waals surface area (Å²) in [6, 6.07) is 5.49. The largest absolute Gasteiger partial charge is 0.484 e. The maximum atomic E-state index is 11.7. The van der Waals surface area contributed by atoms with Crippen LogP contribution < -0.4 is 21.1 Å². The van der Waals surface area contributed by atoms with Crippen LogP contribution in [0.25, 0.3) is 0 Å². The predicted molar refractivity (Wildman–Crippen MR) is 81.4 cm³/mol. The molecule has 0 aliphatic rings. The summed E-state index contributed by atoms with van der Waals surface area (Å²) in [6.45, 7) is 3.90. The van der Waals surface area contributed by atoms with Crippen LogP contribution in [-0.2, 0) is 9.59 Å². The van der Waals surface area contributed by atoms with Crippen molar-refractivity contribution in [2.24, 2.45) is 5.73 Å². The maximum Gasteiger partial charge on any atom is 0.258 e. The highest BCUT2D eigenvalue weighted by atomic mass is 16.5. The van der Waals surface area contributed by atoms with E-state index in [1.807, 2.05) is 6.92 Å². The third-order valence-corrected chi connectivity index (χ3v) is 2.83. The van der Waals surface area contributed by atoms with E-state index in [4.69, 9.17) is 10.5 Å². The topological polar surface area (TPSA) is 111 Å². The van der Waals surface area contributed by atoms with Gasteiger partial charge in [-0.05, 0) is 37.6 Å². The van der Waals surface area contributed by atoms with Crippen molar-refractivity contribution in [3.63, 3.8) is 0 Å². The molecular formula is C15H21N3O4. The minimum Gasteiger partial charge on any atom is -0.484 e. The summed E-state index contributed by atoms with van der Waals surface area (Å²) >= 11 is 0. The quantitative estimate of drug-likeness (QED) is 0.637. The third kappa shape index (κ3) is 5.82. The second-order valence-corrected chi connectivity index (χ2v) is 4.76. The molecule has 7 nitrogen and oxygen atoms in total. The fraction of sp³-hybridized carbons (Fsp3) is 0.400. The molecule has 0 aliphatic heterocycles. The summed E-state index contributed by atoms with van der Waals surface area (Å²) in [5, 5.41) is 5.23. The summed E-state index contributed by atoms with van der Waals surface area (Å²) in [5.41, 5.74) is 5.48. The molecule has 0 saturated carbocycles. The molecule has 1 rings (SSSR count). The molecule has 0 unspecified atom stereocenters. The van der Waals surface area contributed by atoms with Crippen LogP contribution in [0, 0.1) is 0 Å². The Kier molecular flexibility index (Phi) is 6.88. The normalized spacial score (nSPS) is 11.4. The van der Waals surface area contributed by atoms with Crippen molar-refractivity contribution in [1.29, 1.82) is 0 Å². The van der Waals surface area contributed by atoms with Gasteiger partial charge in [0.2, 0.25) is 11.8 Å². The molecule has 0 heterocycles. The lowest BCUT2D eigenvalue weighted by Crippen LogP contribution is -2.46. The Morgan fingerprint density at radius 2 is 1.86 bits per heavy atom. The van der Waals surface area contributed by atoms with Gasteiger partial charge in [-0.3, -0.25) is 14.4 Å². The smallest absolute Gasteiger partial charge is 0.258 e. The third-order valence-electron chi connectivity index (χ3n) is 2.83. The van der Waals surface area contributed by atoms with Gasteiger partial charge in [-0.2, -0.15) is 0 Å². The van der Waals surface area contributed by atoms with Gasteiger partial charge >= 0.3 is 0 Å². The Balaban J connectivity index is 2.39. The highest BCUT2D eigenvalue weighted by molar-refractivity contribution is 5.92. The van der Waals surface area contributed by atoms with E-state index in [0.29, 0.717) is 17.9 Å². The minimum absolute atomic E-state index is 0.221. The van der Waals surface area contributed by atoms with Crippen LogP contribution in [0.2, 0.25) is 0 Å². The number of primary amides is 1. The summed E-state index contributed by atoms with van der Waals surface area (Å²) in [4.78, 5) is 34.2. The first kappa shape index (κ1) is 17.5. The molecule has 4 N–H and O–H groups in total. The van der Waals surface area contributed by atoms with Crippen molar-refractivity contribution in [2.45, 2.75) is 26.3 Å². The first-order valence-corrected chi connectivity index (χ1v) is 7.03. The van der Waals surface area contributed by atoms with Crippen molar-refractivity contribution >= 4 is 17.7 Å². The monoisotopic (exact) mass is 307 g/mol. The number of hydrogen-bond acceptors (Lipinski definition) is 4. The standard InChI is InChI=1S/C15H21N3O4/c1-3-8-17-15(21)10(2)18-13(19)9-22-12-6-4-11(5-7-12)14(16)20/h4-7,10H,3,8-9H2,1-2H3,(H2,16,20)(H,17,21)(H,18,19)/t10-/m1/s1. The lowest BCUT2D eigenvalue weighted by atomic mass is 10.2. The molecule has 0 aliphatic carbocycles. The van der Waals surface area contributed by atoms with Gasteiger partial charge in [0, 0.05) is 12.1 Å². The van der Waals surface area contributed by atoms with E-state index in [1.54, 1.807) is 19.1 Å². The molecule has 0 bridgehead atoms. The maximum absolute atomic E-state index is 11.7. The highest BCUT2D eigenvalue weighted by Gasteiger charge is 2.15. The molecule has 0 radical (unpaired) electrons. The summed E-state index contributed by atoms with van der Waals surface area (Å²) in [7, 11) is 0. The highest BCUT2D eigenvalue weighted by Crippen LogP contribution is 2.11. The van der Waals surface area contributed by atoms with Crippen LogP contribution in [0.5, 0.6) is 5.75 Å². The molecule has 120 valence electrons. The molecule has 1 aromatic rings. The summed E-state index contributed by atoms with van der Waals surface area (Å²) < 4.78 is 5.27. The molecule has 3 amide bonds. The van der Waals surface area contributed by atoms with Crippen molar-refractivity contribution in [1.82, 2.24) is 10.6 Å². The van der Waals surface area contributed by atoms with Gasteiger partial charge in [0.1, 0.15) is 11.8 Å². The zero-order chi connectivity index (χ0) is 16.5. The number of carbonyl (C=O) groups excluding carboxylic acids is 3. The van der Waals surface area contributed by atoms with Gasteiger partial charge in [-0.25, -0.2) is 0 Å². The van der Waals surface area contributed by atoms with Crippen molar-refractivity contribution in [3.05, 3.63) is 29.8 Å². The minimum atomic E-state index is -0.625. The van der Waals surface area contributed by atoms with Crippen molar-refractivity contribution in [2.75, 3.05) is 13.2 Å². The Labute approximate surface area is 129 Å². The van der Waals surface area contributed by atoms with E-state index in [-0.39, 0.29) is 12.5 Å². The van der Waals surface area contributed by atoms with Crippen molar-refractivity contribution in [3.8, 4) is 5.75 Å². The number of carbonyl (C=O) groups is 3. The number of rotatable bonds is 8.